The van der Waals surface area contributed by atoms with Gasteiger partial charge in [-0.15, -0.1) is 0 Å². The van der Waals surface area contributed by atoms with E-state index >= 15 is 0 Å². The average molecular weight is 295 g/mol. The van der Waals surface area contributed by atoms with E-state index in [9.17, 15) is 9.59 Å². The summed E-state index contributed by atoms with van der Waals surface area (Å²) in [7, 11) is 2.85. The van der Waals surface area contributed by atoms with E-state index in [1.807, 2.05) is 0 Å². The van der Waals surface area contributed by atoms with Crippen molar-refractivity contribution in [1.29, 1.82) is 0 Å². The Labute approximate surface area is 123 Å². The molecule has 0 aliphatic rings. The number of nitrogen functional groups attached to an aromatic ring is 1. The van der Waals surface area contributed by atoms with Crippen LogP contribution in [0.2, 0.25) is 0 Å². The summed E-state index contributed by atoms with van der Waals surface area (Å²) < 4.78 is 9.56. The van der Waals surface area contributed by atoms with E-state index in [2.05, 4.69) is 10.6 Å². The molecule has 0 radical (unpaired) electrons. The number of hydrogen-bond acceptors (Lipinski definition) is 6. The van der Waals surface area contributed by atoms with Crippen molar-refractivity contribution in [2.45, 2.75) is 13.0 Å². The monoisotopic (exact) mass is 295 g/mol. The molecule has 0 saturated carbocycles. The average Bonchev–Trinajstić information content (AvgIpc) is 2.48. The maximum absolute atomic E-state index is 11.9. The first-order valence-corrected chi connectivity index (χ1v) is 6.50. The molecule has 0 saturated heterocycles. The van der Waals surface area contributed by atoms with Gasteiger partial charge in [0.25, 0.3) is 0 Å². The normalized spacial score (nSPS) is 11.6. The zero-order chi connectivity index (χ0) is 15.8. The van der Waals surface area contributed by atoms with Crippen molar-refractivity contribution in [2.75, 3.05) is 38.4 Å². The molecule has 4 N–H and O–H groups in total. The molecule has 1 atom stereocenters. The summed E-state index contributed by atoms with van der Waals surface area (Å²) in [4.78, 5) is 23.6. The predicted molar refractivity (Wildman–Crippen MR) is 80.2 cm³/mol. The Balaban J connectivity index is 2.77. The molecule has 0 heterocycles. The van der Waals surface area contributed by atoms with Crippen LogP contribution in [-0.2, 0) is 14.3 Å². The van der Waals surface area contributed by atoms with E-state index in [0.717, 1.165) is 0 Å². The number of nitrogens with one attached hydrogen (secondary N) is 2. The zero-order valence-corrected chi connectivity index (χ0v) is 12.4. The van der Waals surface area contributed by atoms with Crippen molar-refractivity contribution in [3.8, 4) is 0 Å². The quantitative estimate of drug-likeness (QED) is 0.387. The van der Waals surface area contributed by atoms with Crippen molar-refractivity contribution in [3.05, 3.63) is 23.8 Å². The first kappa shape index (κ1) is 16.8. The Morgan fingerprint density at radius 2 is 2.05 bits per heavy atom. The molecular formula is C14H21N3O4. The summed E-state index contributed by atoms with van der Waals surface area (Å²) in [6, 6.07) is 4.27. The summed E-state index contributed by atoms with van der Waals surface area (Å²) >= 11 is 0. The summed E-state index contributed by atoms with van der Waals surface area (Å²) in [6.45, 7) is 2.56. The molecular weight excluding hydrogens is 274 g/mol. The number of methoxy groups -OCH3 is 2. The van der Waals surface area contributed by atoms with Crippen LogP contribution in [0.4, 0.5) is 11.4 Å². The number of ether oxygens (including phenoxy) is 2. The molecule has 0 fully saturated rings. The number of anilines is 2. The van der Waals surface area contributed by atoms with E-state index < -0.39 is 12.0 Å². The van der Waals surface area contributed by atoms with Crippen molar-refractivity contribution in [1.82, 2.24) is 5.32 Å². The second-order valence-corrected chi connectivity index (χ2v) is 4.45. The fraction of sp³-hybridized carbons (Fsp3) is 0.429. The van der Waals surface area contributed by atoms with E-state index in [-0.39, 0.29) is 11.5 Å². The standard InChI is InChI=1S/C14H21N3O4/c1-9(13(18)16-6-7-20-2)17-12-5-4-10(15)8-11(12)14(19)21-3/h4-5,8-9,17H,6-7,15H2,1-3H3,(H,16,18). The van der Waals surface area contributed by atoms with Gasteiger partial charge in [0, 0.05) is 25.0 Å². The van der Waals surface area contributed by atoms with Crippen molar-refractivity contribution in [2.24, 2.45) is 0 Å². The van der Waals surface area contributed by atoms with Crippen LogP contribution in [-0.4, -0.2) is 45.3 Å². The number of esters is 1. The Morgan fingerprint density at radius 3 is 2.67 bits per heavy atom. The Kier molecular flexibility index (Phi) is 6.48. The molecule has 1 unspecified atom stereocenters. The zero-order valence-electron chi connectivity index (χ0n) is 12.4. The van der Waals surface area contributed by atoms with Crippen molar-refractivity contribution in [3.63, 3.8) is 0 Å². The molecule has 7 nitrogen and oxygen atoms in total. The first-order chi connectivity index (χ1) is 9.99. The molecule has 7 heteroatoms. The molecule has 0 aliphatic carbocycles. The van der Waals surface area contributed by atoms with Gasteiger partial charge in [0.2, 0.25) is 5.91 Å². The van der Waals surface area contributed by atoms with Crippen LogP contribution in [0.25, 0.3) is 0 Å². The van der Waals surface area contributed by atoms with Gasteiger partial charge in [-0.3, -0.25) is 4.79 Å². The predicted octanol–water partition coefficient (Wildman–Crippen LogP) is 0.618. The lowest BCUT2D eigenvalue weighted by Gasteiger charge is -2.17. The SMILES string of the molecule is COCCNC(=O)C(C)Nc1ccc(N)cc1C(=O)OC. The fourth-order valence-electron chi connectivity index (χ4n) is 1.69. The minimum Gasteiger partial charge on any atom is -0.465 e. The van der Waals surface area contributed by atoms with Crippen LogP contribution >= 0.6 is 0 Å². The van der Waals surface area contributed by atoms with Gasteiger partial charge >= 0.3 is 5.97 Å². The first-order valence-electron chi connectivity index (χ1n) is 6.50. The van der Waals surface area contributed by atoms with Crippen molar-refractivity contribution < 1.29 is 19.1 Å². The number of rotatable bonds is 7. The highest BCUT2D eigenvalue weighted by Gasteiger charge is 2.17. The molecule has 0 bridgehead atoms. The summed E-state index contributed by atoms with van der Waals surface area (Å²) in [5.41, 5.74) is 6.88. The fourth-order valence-corrected chi connectivity index (χ4v) is 1.69. The molecule has 0 aliphatic heterocycles. The topological polar surface area (TPSA) is 103 Å². The lowest BCUT2D eigenvalue weighted by molar-refractivity contribution is -0.121. The summed E-state index contributed by atoms with van der Waals surface area (Å²) in [5, 5.41) is 5.68. The minimum absolute atomic E-state index is 0.195. The van der Waals surface area contributed by atoms with E-state index in [1.165, 1.54) is 13.2 Å². The number of carbonyl (C=O) groups is 2. The van der Waals surface area contributed by atoms with Gasteiger partial charge in [0.1, 0.15) is 6.04 Å². The van der Waals surface area contributed by atoms with Crippen LogP contribution in [0, 0.1) is 0 Å². The summed E-state index contributed by atoms with van der Waals surface area (Å²) in [6.07, 6.45) is 0. The van der Waals surface area contributed by atoms with Gasteiger partial charge in [-0.1, -0.05) is 0 Å². The Bertz CT molecular complexity index is 505. The third-order valence-electron chi connectivity index (χ3n) is 2.82. The highest BCUT2D eigenvalue weighted by Crippen LogP contribution is 2.20. The molecule has 0 spiro atoms. The van der Waals surface area contributed by atoms with Gasteiger partial charge in [-0.2, -0.15) is 0 Å². The van der Waals surface area contributed by atoms with Crippen LogP contribution in [0.1, 0.15) is 17.3 Å². The highest BCUT2D eigenvalue weighted by atomic mass is 16.5. The number of nitrogens with two attached hydrogens (primary N) is 1. The maximum atomic E-state index is 11.9. The lowest BCUT2D eigenvalue weighted by atomic mass is 10.1. The maximum Gasteiger partial charge on any atom is 0.340 e. The van der Waals surface area contributed by atoms with Gasteiger partial charge in [0.05, 0.1) is 19.3 Å². The van der Waals surface area contributed by atoms with E-state index in [1.54, 1.807) is 26.2 Å². The van der Waals surface area contributed by atoms with Gasteiger partial charge in [0.15, 0.2) is 0 Å². The highest BCUT2D eigenvalue weighted by molar-refractivity contribution is 5.97. The molecule has 0 aromatic heterocycles. The second kappa shape index (κ2) is 8.11. The van der Waals surface area contributed by atoms with Crippen LogP contribution < -0.4 is 16.4 Å². The minimum atomic E-state index is -0.520. The van der Waals surface area contributed by atoms with E-state index in [0.29, 0.717) is 24.5 Å². The van der Waals surface area contributed by atoms with Gasteiger partial charge in [-0.25, -0.2) is 4.79 Å². The molecule has 1 amide bonds. The second-order valence-electron chi connectivity index (χ2n) is 4.45. The lowest BCUT2D eigenvalue weighted by Crippen LogP contribution is -2.39. The molecule has 1 aromatic rings. The molecule has 116 valence electrons. The third-order valence-corrected chi connectivity index (χ3v) is 2.82. The van der Waals surface area contributed by atoms with Gasteiger partial charge < -0.3 is 25.8 Å². The number of carbonyl (C=O) groups excluding carboxylic acids is 2. The molecule has 1 aromatic carbocycles. The third kappa shape index (κ3) is 4.96. The van der Waals surface area contributed by atoms with E-state index in [4.69, 9.17) is 15.2 Å². The van der Waals surface area contributed by atoms with Crippen LogP contribution in [0.5, 0.6) is 0 Å². The van der Waals surface area contributed by atoms with Crippen LogP contribution in [0.3, 0.4) is 0 Å². The Morgan fingerprint density at radius 1 is 1.33 bits per heavy atom. The number of amides is 1. The van der Waals surface area contributed by atoms with Crippen molar-refractivity contribution >= 4 is 23.3 Å². The molecule has 21 heavy (non-hydrogen) atoms. The molecule has 1 rings (SSSR count). The van der Waals surface area contributed by atoms with Gasteiger partial charge in [-0.05, 0) is 25.1 Å². The summed E-state index contributed by atoms with van der Waals surface area (Å²) in [5.74, 6) is -0.712. The van der Waals surface area contributed by atoms with Crippen LogP contribution in [0.15, 0.2) is 18.2 Å². The largest absolute Gasteiger partial charge is 0.465 e. The smallest absolute Gasteiger partial charge is 0.340 e. The number of benzene rings is 1. The number of hydrogen-bond donors (Lipinski definition) is 3. The Hall–Kier alpha value is -2.28.